The topological polar surface area (TPSA) is 15.3 Å². The summed E-state index contributed by atoms with van der Waals surface area (Å²) in [6.45, 7) is 28.2. The fourth-order valence-corrected chi connectivity index (χ4v) is 15.8. The second-order valence-corrected chi connectivity index (χ2v) is 30.6. The molecule has 94 heavy (non-hydrogen) atoms. The predicted octanol–water partition coefficient (Wildman–Crippen LogP) is 25.8. The van der Waals surface area contributed by atoms with Crippen molar-refractivity contribution in [1.29, 1.82) is 0 Å². The summed E-state index contributed by atoms with van der Waals surface area (Å²) in [6, 6.07) is 97.0. The largest absolute Gasteiger partial charge is 0.309 e. The molecular formula is C90H78N4. The summed E-state index contributed by atoms with van der Waals surface area (Å²) in [7, 11) is 0. The number of aromatic nitrogens is 2. The van der Waals surface area contributed by atoms with Crippen LogP contribution in [0.5, 0.6) is 0 Å². The van der Waals surface area contributed by atoms with Gasteiger partial charge >= 0.3 is 0 Å². The van der Waals surface area contributed by atoms with E-state index in [-0.39, 0.29) is 21.7 Å². The van der Waals surface area contributed by atoms with Crippen molar-refractivity contribution in [3.8, 4) is 22.3 Å². The second kappa shape index (κ2) is 20.5. The third kappa shape index (κ3) is 8.78. The first-order valence-electron chi connectivity index (χ1n) is 33.6. The Balaban J connectivity index is 0.977. The van der Waals surface area contributed by atoms with E-state index in [1.54, 1.807) is 0 Å². The van der Waals surface area contributed by atoms with Crippen LogP contribution in [-0.2, 0) is 21.7 Å². The first kappa shape index (κ1) is 57.5. The monoisotopic (exact) mass is 1210 g/mol. The summed E-state index contributed by atoms with van der Waals surface area (Å²) in [5, 5.41) is 14.9. The molecule has 0 saturated heterocycles. The molecule has 4 nitrogen and oxygen atoms in total. The third-order valence-electron chi connectivity index (χ3n) is 20.4. The van der Waals surface area contributed by atoms with E-state index in [1.165, 1.54) is 142 Å². The maximum atomic E-state index is 2.67. The molecule has 0 radical (unpaired) electrons. The molecule has 0 atom stereocenters. The van der Waals surface area contributed by atoms with Gasteiger partial charge in [-0.15, -0.1) is 0 Å². The lowest BCUT2D eigenvalue weighted by molar-refractivity contribution is 0.590. The van der Waals surface area contributed by atoms with E-state index in [4.69, 9.17) is 0 Å². The average Bonchev–Trinajstić information content (AvgIpc) is 1.51. The number of anilines is 6. The van der Waals surface area contributed by atoms with Crippen LogP contribution >= 0.6 is 0 Å². The maximum absolute atomic E-state index is 2.67. The molecule has 0 unspecified atom stereocenters. The van der Waals surface area contributed by atoms with Gasteiger partial charge in [-0.2, -0.15) is 0 Å². The molecule has 17 rings (SSSR count). The van der Waals surface area contributed by atoms with Gasteiger partial charge in [0.25, 0.3) is 0 Å². The Morgan fingerprint density at radius 3 is 1.04 bits per heavy atom. The van der Waals surface area contributed by atoms with E-state index in [1.807, 2.05) is 0 Å². The minimum absolute atomic E-state index is 0.0763. The van der Waals surface area contributed by atoms with E-state index in [9.17, 15) is 0 Å². The summed E-state index contributed by atoms with van der Waals surface area (Å²) in [5.41, 5.74) is 23.7. The van der Waals surface area contributed by atoms with Gasteiger partial charge in [0.2, 0.25) is 0 Å². The van der Waals surface area contributed by atoms with Crippen LogP contribution in [0, 0.1) is 0 Å². The van der Waals surface area contributed by atoms with Gasteiger partial charge in [-0.25, -0.2) is 0 Å². The number of rotatable bonds is 8. The Morgan fingerprint density at radius 2 is 0.638 bits per heavy atom. The Kier molecular flexibility index (Phi) is 12.6. The summed E-state index contributed by atoms with van der Waals surface area (Å²) < 4.78 is 5.34. The Labute approximate surface area is 551 Å². The number of para-hydroxylation sites is 4. The molecular weight excluding hydrogens is 1140 g/mol. The van der Waals surface area contributed by atoms with Crippen LogP contribution in [0.4, 0.5) is 34.1 Å². The van der Waals surface area contributed by atoms with Crippen LogP contribution in [0.1, 0.15) is 105 Å². The van der Waals surface area contributed by atoms with E-state index in [0.717, 1.165) is 34.1 Å². The number of benzene rings is 13. The molecule has 458 valence electrons. The Bertz CT molecular complexity index is 5550. The fourth-order valence-electron chi connectivity index (χ4n) is 15.8. The first-order chi connectivity index (χ1) is 45.2. The molecule has 0 N–H and O–H groups in total. The van der Waals surface area contributed by atoms with Crippen LogP contribution in [-0.4, -0.2) is 8.80 Å². The quantitative estimate of drug-likeness (QED) is 0.151. The maximum Gasteiger partial charge on any atom is 0.0641 e. The lowest BCUT2D eigenvalue weighted by atomic mass is 9.85. The van der Waals surface area contributed by atoms with Crippen LogP contribution < -0.4 is 9.80 Å². The minimum atomic E-state index is -0.176. The lowest BCUT2D eigenvalue weighted by Gasteiger charge is -2.30. The average molecular weight is 1220 g/mol. The molecule has 0 aliphatic heterocycles. The van der Waals surface area contributed by atoms with Gasteiger partial charge in [0, 0.05) is 65.6 Å². The fraction of sp³-hybridized carbons (Fsp3) is 0.178. The van der Waals surface area contributed by atoms with Gasteiger partial charge in [0.05, 0.1) is 55.8 Å². The molecule has 0 spiro atoms. The zero-order valence-corrected chi connectivity index (χ0v) is 56.0. The molecule has 4 heterocycles. The molecule has 0 amide bonds. The van der Waals surface area contributed by atoms with E-state index >= 15 is 0 Å². The Hall–Kier alpha value is -10.4. The van der Waals surface area contributed by atoms with Crippen LogP contribution in [0.2, 0.25) is 0 Å². The number of hydrogen-bond acceptors (Lipinski definition) is 2. The molecule has 0 aliphatic rings. The minimum Gasteiger partial charge on any atom is -0.309 e. The summed E-state index contributed by atoms with van der Waals surface area (Å²) in [6.07, 6.45) is 0. The molecule has 4 heteroatoms. The van der Waals surface area contributed by atoms with Gasteiger partial charge in [-0.05, 0) is 149 Å². The molecule has 0 saturated carbocycles. The van der Waals surface area contributed by atoms with Gasteiger partial charge in [0.15, 0.2) is 0 Å². The van der Waals surface area contributed by atoms with Crippen molar-refractivity contribution in [2.75, 3.05) is 9.80 Å². The van der Waals surface area contributed by atoms with Gasteiger partial charge in [-0.1, -0.05) is 265 Å². The van der Waals surface area contributed by atoms with Crippen LogP contribution in [0.3, 0.4) is 0 Å². The molecule has 13 aromatic carbocycles. The van der Waals surface area contributed by atoms with Gasteiger partial charge < -0.3 is 18.6 Å². The molecule has 17 aromatic rings. The zero-order valence-electron chi connectivity index (χ0n) is 56.0. The highest BCUT2D eigenvalue weighted by atomic mass is 15.2. The van der Waals surface area contributed by atoms with Gasteiger partial charge in [0.1, 0.15) is 0 Å². The van der Waals surface area contributed by atoms with Crippen molar-refractivity contribution in [3.05, 3.63) is 277 Å². The van der Waals surface area contributed by atoms with Crippen molar-refractivity contribution in [2.24, 2.45) is 0 Å². The summed E-state index contributed by atoms with van der Waals surface area (Å²) in [4.78, 5) is 5.14. The summed E-state index contributed by atoms with van der Waals surface area (Å²) in [5.74, 6) is 0. The standard InChI is InChI=1S/C90H78N4/c1-87(2,3)61-29-21-31-63(51-61)91(75-39-19-17-33-65(75)59-43-41-55-25-13-15-27-57(55)49-59)77-47-45-67-71-53-80-72(54-79(71)93-83-69(81(77)85(67)93)35-23-37-73(83)89(7,8)9)68-46-48-78(82-70-36-24-38-74(90(10,11)12)84(70)94(80)86(68)82)92(64-32-22-30-62(52-64)88(4,5)6)76-40-20-18-34-66(76)60-44-42-56-26-14-16-28-58(56)50-60/h13-54H,1-12H3. The van der Waals surface area contributed by atoms with Crippen molar-refractivity contribution in [1.82, 2.24) is 8.80 Å². The smallest absolute Gasteiger partial charge is 0.0641 e. The Morgan fingerprint density at radius 1 is 0.255 bits per heavy atom. The van der Waals surface area contributed by atoms with Crippen molar-refractivity contribution < 1.29 is 0 Å². The highest BCUT2D eigenvalue weighted by Crippen LogP contribution is 2.55. The van der Waals surface area contributed by atoms with Crippen molar-refractivity contribution in [2.45, 2.75) is 105 Å². The molecule has 4 aromatic heterocycles. The lowest BCUT2D eigenvalue weighted by Crippen LogP contribution is -2.15. The predicted molar refractivity (Wildman–Crippen MR) is 406 cm³/mol. The van der Waals surface area contributed by atoms with Crippen molar-refractivity contribution in [3.63, 3.8) is 0 Å². The highest BCUT2D eigenvalue weighted by Gasteiger charge is 2.33. The molecule has 0 bridgehead atoms. The number of fused-ring (bicyclic) bond motifs is 14. The first-order valence-corrected chi connectivity index (χ1v) is 33.6. The van der Waals surface area contributed by atoms with E-state index < -0.39 is 0 Å². The molecule has 0 fully saturated rings. The normalized spacial score (nSPS) is 12.9. The van der Waals surface area contributed by atoms with Crippen LogP contribution in [0.25, 0.3) is 120 Å². The van der Waals surface area contributed by atoms with E-state index in [0.29, 0.717) is 0 Å². The SMILES string of the molecule is CC(C)(C)c1cccc(N(c2ccccc2-c2ccc3ccccc3c2)c2ccc3c4cc5c(cc4n4c6c(C(C)(C)C)cccc6c2c34)c2ccc(N(c3cccc(C(C)(C)C)c3)c3ccccc3-c3ccc4ccccc4c3)c3c4cccc(C(C)(C)C)c4n5c23)c1. The van der Waals surface area contributed by atoms with E-state index in [2.05, 4.69) is 356 Å². The highest BCUT2D eigenvalue weighted by molar-refractivity contribution is 6.33. The molecule has 0 aliphatic carbocycles. The number of nitrogens with zero attached hydrogens (tertiary/aromatic N) is 4. The van der Waals surface area contributed by atoms with Crippen molar-refractivity contribution >= 4 is 132 Å². The second-order valence-electron chi connectivity index (χ2n) is 30.6. The summed E-state index contributed by atoms with van der Waals surface area (Å²) >= 11 is 0. The zero-order chi connectivity index (χ0) is 64.5. The van der Waals surface area contributed by atoms with Gasteiger partial charge in [-0.3, -0.25) is 0 Å². The third-order valence-corrected chi connectivity index (χ3v) is 20.4. The van der Waals surface area contributed by atoms with Crippen LogP contribution in [0.15, 0.2) is 255 Å². The number of hydrogen-bond donors (Lipinski definition) is 0.